The highest BCUT2D eigenvalue weighted by Gasteiger charge is 2.02. The van der Waals surface area contributed by atoms with Crippen LogP contribution in [0.1, 0.15) is 20.8 Å². The number of rotatable bonds is 3. The lowest BCUT2D eigenvalue weighted by molar-refractivity contribution is -0.117. The summed E-state index contributed by atoms with van der Waals surface area (Å²) in [5.41, 5.74) is 6.18. The molecule has 0 aliphatic carbocycles. The summed E-state index contributed by atoms with van der Waals surface area (Å²) in [7, 11) is 0. The first kappa shape index (κ1) is 10.2. The van der Waals surface area contributed by atoms with Gasteiger partial charge in [-0.1, -0.05) is 6.08 Å². The molecular weight excluding hydrogens is 140 g/mol. The lowest BCUT2D eigenvalue weighted by Gasteiger charge is -2.06. The number of nitrogens with two attached hydrogens (primary N) is 1. The molecule has 0 bridgehead atoms. The largest absolute Gasteiger partial charge is 0.351 e. The van der Waals surface area contributed by atoms with Gasteiger partial charge in [0.15, 0.2) is 0 Å². The molecule has 0 rings (SSSR count). The van der Waals surface area contributed by atoms with E-state index in [0.717, 1.165) is 5.57 Å². The first-order chi connectivity index (χ1) is 5.07. The van der Waals surface area contributed by atoms with E-state index < -0.39 is 0 Å². The summed E-state index contributed by atoms with van der Waals surface area (Å²) in [6.45, 7) is 5.99. The monoisotopic (exact) mass is 156 g/mol. The number of hydrogen-bond acceptors (Lipinski definition) is 2. The summed E-state index contributed by atoms with van der Waals surface area (Å²) >= 11 is 0. The Morgan fingerprint density at radius 2 is 2.27 bits per heavy atom. The van der Waals surface area contributed by atoms with Gasteiger partial charge in [0.25, 0.3) is 0 Å². The highest BCUT2D eigenvalue weighted by Crippen LogP contribution is 1.90. The molecule has 1 atom stereocenters. The zero-order valence-corrected chi connectivity index (χ0v) is 7.35. The molecule has 64 valence electrons. The van der Waals surface area contributed by atoms with Gasteiger partial charge in [0.05, 0.1) is 0 Å². The summed E-state index contributed by atoms with van der Waals surface area (Å²) in [6.07, 6.45) is 1.77. The van der Waals surface area contributed by atoms with Gasteiger partial charge >= 0.3 is 0 Å². The maximum Gasteiger partial charge on any atom is 0.246 e. The Morgan fingerprint density at radius 3 is 2.64 bits per heavy atom. The minimum absolute atomic E-state index is 0.0172. The molecular formula is C8H16N2O. The maximum atomic E-state index is 11.0. The van der Waals surface area contributed by atoms with Crippen LogP contribution in [0.25, 0.3) is 0 Å². The predicted molar refractivity (Wildman–Crippen MR) is 46.1 cm³/mol. The molecule has 0 saturated carbocycles. The average Bonchev–Trinajstić information content (AvgIpc) is 1.98. The fourth-order valence-electron chi connectivity index (χ4n) is 0.524. The zero-order valence-electron chi connectivity index (χ0n) is 7.35. The minimum Gasteiger partial charge on any atom is -0.351 e. The van der Waals surface area contributed by atoms with Crippen molar-refractivity contribution >= 4 is 5.91 Å². The molecule has 0 saturated heterocycles. The Labute approximate surface area is 67.7 Å². The molecule has 0 aliphatic heterocycles. The first-order valence-electron chi connectivity index (χ1n) is 3.74. The van der Waals surface area contributed by atoms with E-state index in [0.29, 0.717) is 6.54 Å². The van der Waals surface area contributed by atoms with Crippen molar-refractivity contribution in [2.45, 2.75) is 26.8 Å². The van der Waals surface area contributed by atoms with Gasteiger partial charge in [0, 0.05) is 18.2 Å². The Kier molecular flexibility index (Phi) is 4.54. The van der Waals surface area contributed by atoms with Crippen LogP contribution in [0.3, 0.4) is 0 Å². The molecule has 0 spiro atoms. The molecule has 0 aromatic rings. The van der Waals surface area contributed by atoms with Gasteiger partial charge < -0.3 is 11.1 Å². The Bertz CT molecular complexity index is 161. The third-order valence-corrected chi connectivity index (χ3v) is 1.38. The number of carbonyl (C=O) groups is 1. The van der Waals surface area contributed by atoms with Gasteiger partial charge in [0.2, 0.25) is 5.91 Å². The third-order valence-electron chi connectivity index (χ3n) is 1.38. The normalized spacial score (nSPS) is 14.4. The summed E-state index contributed by atoms with van der Waals surface area (Å²) < 4.78 is 0. The van der Waals surface area contributed by atoms with Crippen LogP contribution < -0.4 is 11.1 Å². The van der Waals surface area contributed by atoms with Gasteiger partial charge in [0.1, 0.15) is 0 Å². The molecule has 3 N–H and O–H groups in total. The van der Waals surface area contributed by atoms with Crippen LogP contribution in [0.15, 0.2) is 11.6 Å². The topological polar surface area (TPSA) is 55.1 Å². The number of carbonyl (C=O) groups excluding carboxylic acids is 1. The van der Waals surface area contributed by atoms with E-state index in [1.54, 1.807) is 13.0 Å². The summed E-state index contributed by atoms with van der Waals surface area (Å²) in [6, 6.07) is 0.0172. The van der Waals surface area contributed by atoms with Gasteiger partial charge in [-0.25, -0.2) is 0 Å². The van der Waals surface area contributed by atoms with Crippen LogP contribution >= 0.6 is 0 Å². The van der Waals surface area contributed by atoms with Crippen LogP contribution in [-0.4, -0.2) is 18.5 Å². The van der Waals surface area contributed by atoms with Gasteiger partial charge in [-0.3, -0.25) is 4.79 Å². The highest BCUT2D eigenvalue weighted by atomic mass is 16.1. The number of amides is 1. The minimum atomic E-state index is -0.0372. The lowest BCUT2D eigenvalue weighted by Crippen LogP contribution is -2.35. The SMILES string of the molecule is C/C=C(/C)C(=O)NCC(C)N. The Morgan fingerprint density at radius 1 is 1.73 bits per heavy atom. The summed E-state index contributed by atoms with van der Waals surface area (Å²) in [5, 5.41) is 2.70. The molecule has 0 aromatic carbocycles. The van der Waals surface area contributed by atoms with Crippen molar-refractivity contribution in [2.24, 2.45) is 5.73 Å². The fourth-order valence-corrected chi connectivity index (χ4v) is 0.524. The third kappa shape index (κ3) is 4.56. The second-order valence-corrected chi connectivity index (χ2v) is 2.66. The van der Waals surface area contributed by atoms with Crippen LogP contribution in [0.2, 0.25) is 0 Å². The second-order valence-electron chi connectivity index (χ2n) is 2.66. The van der Waals surface area contributed by atoms with Crippen molar-refractivity contribution in [3.05, 3.63) is 11.6 Å². The van der Waals surface area contributed by atoms with E-state index >= 15 is 0 Å². The van der Waals surface area contributed by atoms with Crippen molar-refractivity contribution in [1.29, 1.82) is 0 Å². The molecule has 1 unspecified atom stereocenters. The number of hydrogen-bond donors (Lipinski definition) is 2. The average molecular weight is 156 g/mol. The van der Waals surface area contributed by atoms with E-state index in [1.807, 2.05) is 13.8 Å². The second kappa shape index (κ2) is 4.91. The van der Waals surface area contributed by atoms with Crippen molar-refractivity contribution in [3.8, 4) is 0 Å². The molecule has 0 radical (unpaired) electrons. The number of nitrogens with one attached hydrogen (secondary N) is 1. The van der Waals surface area contributed by atoms with Crippen molar-refractivity contribution in [1.82, 2.24) is 5.32 Å². The van der Waals surface area contributed by atoms with Crippen molar-refractivity contribution in [3.63, 3.8) is 0 Å². The van der Waals surface area contributed by atoms with Crippen molar-refractivity contribution < 1.29 is 4.79 Å². The Balaban J connectivity index is 3.71. The van der Waals surface area contributed by atoms with E-state index in [4.69, 9.17) is 5.73 Å². The van der Waals surface area contributed by atoms with E-state index in [-0.39, 0.29) is 11.9 Å². The van der Waals surface area contributed by atoms with Crippen LogP contribution in [-0.2, 0) is 4.79 Å². The molecule has 0 heterocycles. The zero-order chi connectivity index (χ0) is 8.85. The van der Waals surface area contributed by atoms with E-state index in [9.17, 15) is 4.79 Å². The van der Waals surface area contributed by atoms with Crippen LogP contribution in [0, 0.1) is 0 Å². The fraction of sp³-hybridized carbons (Fsp3) is 0.625. The molecule has 0 aromatic heterocycles. The lowest BCUT2D eigenvalue weighted by atomic mass is 10.2. The van der Waals surface area contributed by atoms with Gasteiger partial charge in [-0.05, 0) is 20.8 Å². The van der Waals surface area contributed by atoms with Crippen molar-refractivity contribution in [2.75, 3.05) is 6.54 Å². The van der Waals surface area contributed by atoms with E-state index in [2.05, 4.69) is 5.32 Å². The first-order valence-corrected chi connectivity index (χ1v) is 3.74. The Hall–Kier alpha value is -0.830. The molecule has 1 amide bonds. The maximum absolute atomic E-state index is 11.0. The molecule has 3 heteroatoms. The van der Waals surface area contributed by atoms with Crippen LogP contribution in [0.4, 0.5) is 0 Å². The van der Waals surface area contributed by atoms with Gasteiger partial charge in [-0.15, -0.1) is 0 Å². The standard InChI is InChI=1S/C8H16N2O/c1-4-6(2)8(11)10-5-7(3)9/h4,7H,5,9H2,1-3H3,(H,10,11)/b6-4-. The molecule has 0 fully saturated rings. The molecule has 0 aliphatic rings. The predicted octanol–water partition coefficient (Wildman–Crippen LogP) is 0.416. The quantitative estimate of drug-likeness (QED) is 0.582. The van der Waals surface area contributed by atoms with E-state index in [1.165, 1.54) is 0 Å². The van der Waals surface area contributed by atoms with Crippen LogP contribution in [0.5, 0.6) is 0 Å². The molecule has 3 nitrogen and oxygen atoms in total. The molecule has 11 heavy (non-hydrogen) atoms. The van der Waals surface area contributed by atoms with Gasteiger partial charge in [-0.2, -0.15) is 0 Å². The number of allylic oxidation sites excluding steroid dienone is 1. The summed E-state index contributed by atoms with van der Waals surface area (Å²) in [4.78, 5) is 11.0. The summed E-state index contributed by atoms with van der Waals surface area (Å²) in [5.74, 6) is -0.0372. The highest BCUT2D eigenvalue weighted by molar-refractivity contribution is 5.92. The smallest absolute Gasteiger partial charge is 0.246 e.